The average Bonchev–Trinajstić information content (AvgIpc) is 3.11. The summed E-state index contributed by atoms with van der Waals surface area (Å²) in [6, 6.07) is -1.01. The molecule has 10 heteroatoms. The molecule has 4 atom stereocenters. The van der Waals surface area contributed by atoms with Crippen LogP contribution < -0.4 is 5.73 Å². The molecule has 0 radical (unpaired) electrons. The van der Waals surface area contributed by atoms with E-state index in [0.29, 0.717) is 12.8 Å². The molecule has 0 saturated carbocycles. The quantitative estimate of drug-likeness (QED) is 0.0213. The molecule has 0 rings (SSSR count). The van der Waals surface area contributed by atoms with Gasteiger partial charge in [0.15, 0.2) is 0 Å². The van der Waals surface area contributed by atoms with Gasteiger partial charge >= 0.3 is 17.9 Å². The number of carboxylic acid groups (broad SMARTS) is 1. The summed E-state index contributed by atoms with van der Waals surface area (Å²) >= 11 is 1.27. The van der Waals surface area contributed by atoms with Gasteiger partial charge in [-0.25, -0.2) is 0 Å². The lowest BCUT2D eigenvalue weighted by atomic mass is 10.0. The highest BCUT2D eigenvalue weighted by Gasteiger charge is 2.23. The molecule has 52 heavy (non-hydrogen) atoms. The topological polar surface area (TPSA) is 156 Å². The first-order chi connectivity index (χ1) is 25.1. The molecule has 0 saturated heterocycles. The van der Waals surface area contributed by atoms with Crippen LogP contribution in [-0.2, 0) is 23.9 Å². The second-order valence-corrected chi connectivity index (χ2v) is 15.3. The van der Waals surface area contributed by atoms with Gasteiger partial charge in [-0.1, -0.05) is 146 Å². The average molecular weight is 752 g/mol. The van der Waals surface area contributed by atoms with E-state index in [1.54, 1.807) is 0 Å². The molecule has 0 aromatic rings. The smallest absolute Gasteiger partial charge is 0.323 e. The van der Waals surface area contributed by atoms with Crippen LogP contribution in [0, 0.1) is 5.92 Å². The van der Waals surface area contributed by atoms with E-state index in [2.05, 4.69) is 39.0 Å². The first-order valence-corrected chi connectivity index (χ1v) is 21.0. The van der Waals surface area contributed by atoms with Gasteiger partial charge in [0.25, 0.3) is 0 Å². The van der Waals surface area contributed by atoms with Gasteiger partial charge in [-0.2, -0.15) is 0 Å². The third kappa shape index (κ3) is 33.4. The van der Waals surface area contributed by atoms with Crippen molar-refractivity contribution in [3.05, 3.63) is 48.6 Å². The van der Waals surface area contributed by atoms with Crippen molar-refractivity contribution in [3.63, 3.8) is 0 Å². The Hall–Kier alpha value is -2.40. The standard InChI is InChI=1S/C42H73NO8S/c1-4-5-6-7-8-9-10-11-15-18-21-24-29-39(38(45)28-26-30-40(46)47)52-34-37(43)42(49)51-33-36(44)32-50-41(48)31-25-22-19-16-13-12-14-17-20-23-27-35(2)3/h8-9,11,15,18,21,24,29,35-39,44-45H,4-7,10,12-14,16-17,19-20,22-23,25-28,30-34,43H2,1-3H3,(H,46,47)/b9-8-,15-11-,21-18+,29-24+/t36-,37+,38+,39-/m1/s1. The molecule has 300 valence electrons. The Morgan fingerprint density at radius 1 is 0.712 bits per heavy atom. The number of hydrogen-bond acceptors (Lipinski definition) is 9. The molecule has 0 fully saturated rings. The van der Waals surface area contributed by atoms with Crippen LogP contribution in [0.1, 0.15) is 149 Å². The van der Waals surface area contributed by atoms with Crippen molar-refractivity contribution in [2.45, 2.75) is 173 Å². The number of hydrogen-bond donors (Lipinski definition) is 4. The Kier molecular flexibility index (Phi) is 34.0. The zero-order chi connectivity index (χ0) is 38.7. The number of allylic oxidation sites excluding steroid dienone is 7. The predicted molar refractivity (Wildman–Crippen MR) is 215 cm³/mol. The van der Waals surface area contributed by atoms with Gasteiger partial charge in [0.1, 0.15) is 25.4 Å². The summed E-state index contributed by atoms with van der Waals surface area (Å²) in [5.41, 5.74) is 6.05. The van der Waals surface area contributed by atoms with Crippen LogP contribution in [0.3, 0.4) is 0 Å². The van der Waals surface area contributed by atoms with Crippen molar-refractivity contribution in [2.24, 2.45) is 11.7 Å². The molecular weight excluding hydrogens is 679 g/mol. The summed E-state index contributed by atoms with van der Waals surface area (Å²) in [7, 11) is 0. The number of aliphatic carboxylic acids is 1. The number of carbonyl (C=O) groups is 3. The van der Waals surface area contributed by atoms with Crippen molar-refractivity contribution in [2.75, 3.05) is 19.0 Å². The Labute approximate surface area is 320 Å². The minimum Gasteiger partial charge on any atom is -0.481 e. The van der Waals surface area contributed by atoms with Gasteiger partial charge in [0, 0.05) is 23.8 Å². The van der Waals surface area contributed by atoms with Crippen LogP contribution in [-0.4, -0.2) is 75.7 Å². The highest BCUT2D eigenvalue weighted by molar-refractivity contribution is 8.00. The summed E-state index contributed by atoms with van der Waals surface area (Å²) < 4.78 is 10.3. The van der Waals surface area contributed by atoms with Crippen molar-refractivity contribution < 1.29 is 39.2 Å². The minimum atomic E-state index is -1.16. The summed E-state index contributed by atoms with van der Waals surface area (Å²) in [4.78, 5) is 35.5. The van der Waals surface area contributed by atoms with Crippen LogP contribution in [0.25, 0.3) is 0 Å². The molecule has 0 unspecified atom stereocenters. The summed E-state index contributed by atoms with van der Waals surface area (Å²) in [5, 5.41) is 29.4. The summed E-state index contributed by atoms with van der Waals surface area (Å²) in [5.74, 6) is -1.07. The largest absolute Gasteiger partial charge is 0.481 e. The van der Waals surface area contributed by atoms with E-state index < -0.39 is 35.4 Å². The van der Waals surface area contributed by atoms with E-state index in [4.69, 9.17) is 20.3 Å². The number of nitrogens with two attached hydrogens (primary N) is 1. The van der Waals surface area contributed by atoms with E-state index >= 15 is 0 Å². The molecule has 0 amide bonds. The number of thioether (sulfide) groups is 1. The lowest BCUT2D eigenvalue weighted by Crippen LogP contribution is -2.38. The molecular formula is C42H73NO8S. The van der Waals surface area contributed by atoms with E-state index in [9.17, 15) is 24.6 Å². The molecule has 0 aliphatic carbocycles. The van der Waals surface area contributed by atoms with Crippen molar-refractivity contribution in [1.29, 1.82) is 0 Å². The Morgan fingerprint density at radius 2 is 1.35 bits per heavy atom. The second kappa shape index (κ2) is 35.6. The summed E-state index contributed by atoms with van der Waals surface area (Å²) in [6.45, 7) is 6.13. The first kappa shape index (κ1) is 49.6. The number of carbonyl (C=O) groups excluding carboxylic acids is 2. The molecule has 0 aliphatic rings. The number of unbranched alkanes of at least 4 members (excludes halogenated alkanes) is 12. The maximum absolute atomic E-state index is 12.5. The normalized spacial score (nSPS) is 14.5. The molecule has 0 aromatic carbocycles. The third-order valence-corrected chi connectivity index (χ3v) is 9.90. The molecule has 5 N–H and O–H groups in total. The zero-order valence-corrected chi connectivity index (χ0v) is 33.5. The maximum Gasteiger partial charge on any atom is 0.323 e. The first-order valence-electron chi connectivity index (χ1n) is 20.0. The number of esters is 2. The number of aliphatic hydroxyl groups is 2. The lowest BCUT2D eigenvalue weighted by Gasteiger charge is -2.21. The Morgan fingerprint density at radius 3 is 2.00 bits per heavy atom. The van der Waals surface area contributed by atoms with Crippen LogP contribution in [0.4, 0.5) is 0 Å². The second-order valence-electron chi connectivity index (χ2n) is 14.1. The molecule has 0 heterocycles. The van der Waals surface area contributed by atoms with Crippen molar-refractivity contribution in [3.8, 4) is 0 Å². The van der Waals surface area contributed by atoms with Gasteiger partial charge in [-0.05, 0) is 44.4 Å². The van der Waals surface area contributed by atoms with Gasteiger partial charge in [0.2, 0.25) is 0 Å². The van der Waals surface area contributed by atoms with Crippen LogP contribution in [0.2, 0.25) is 0 Å². The van der Waals surface area contributed by atoms with Crippen molar-refractivity contribution in [1.82, 2.24) is 0 Å². The van der Waals surface area contributed by atoms with Gasteiger partial charge in [-0.15, -0.1) is 11.8 Å². The minimum absolute atomic E-state index is 0.0433. The molecule has 0 spiro atoms. The molecule has 9 nitrogen and oxygen atoms in total. The van der Waals surface area contributed by atoms with Crippen LogP contribution in [0.15, 0.2) is 48.6 Å². The number of ether oxygens (including phenoxy) is 2. The van der Waals surface area contributed by atoms with E-state index in [1.165, 1.54) is 82.4 Å². The SMILES string of the molecule is CCCCC/C=C\C\C=C/C=C/C=C/[C@@H](SC[C@H](N)C(=O)OC[C@H](O)COC(=O)CCCCCCCCCCCCC(C)C)[C@@H](O)CCCC(=O)O. The van der Waals surface area contributed by atoms with Gasteiger partial charge in [-0.3, -0.25) is 14.4 Å². The predicted octanol–water partition coefficient (Wildman–Crippen LogP) is 9.01. The highest BCUT2D eigenvalue weighted by atomic mass is 32.2. The highest BCUT2D eigenvalue weighted by Crippen LogP contribution is 2.21. The van der Waals surface area contributed by atoms with Crippen molar-refractivity contribution >= 4 is 29.7 Å². The fraction of sp³-hybridized carbons (Fsp3) is 0.738. The molecule has 0 aliphatic heterocycles. The van der Waals surface area contributed by atoms with Gasteiger partial charge < -0.3 is 30.5 Å². The fourth-order valence-corrected chi connectivity index (χ4v) is 6.42. The van der Waals surface area contributed by atoms with E-state index in [-0.39, 0.29) is 37.8 Å². The molecule has 0 bridgehead atoms. The van der Waals surface area contributed by atoms with Gasteiger partial charge in [0.05, 0.1) is 6.10 Å². The van der Waals surface area contributed by atoms with Crippen LogP contribution >= 0.6 is 11.8 Å². The Bertz CT molecular complexity index is 1010. The Balaban J connectivity index is 4.39. The number of rotatable bonds is 35. The summed E-state index contributed by atoms with van der Waals surface area (Å²) in [6.07, 6.45) is 33.4. The zero-order valence-electron chi connectivity index (χ0n) is 32.6. The number of aliphatic hydroxyl groups excluding tert-OH is 2. The van der Waals surface area contributed by atoms with E-state index in [1.807, 2.05) is 30.4 Å². The maximum atomic E-state index is 12.5. The monoisotopic (exact) mass is 752 g/mol. The van der Waals surface area contributed by atoms with E-state index in [0.717, 1.165) is 38.0 Å². The number of carboxylic acids is 1. The lowest BCUT2D eigenvalue weighted by molar-refractivity contribution is -0.153. The molecule has 0 aromatic heterocycles. The third-order valence-electron chi connectivity index (χ3n) is 8.49. The van der Waals surface area contributed by atoms with Crippen LogP contribution in [0.5, 0.6) is 0 Å². The fourth-order valence-electron chi connectivity index (χ4n) is 5.30.